The Bertz CT molecular complexity index is 2340. The van der Waals surface area contributed by atoms with E-state index in [0.717, 1.165) is 68.3 Å². The molecule has 10 heteroatoms. The lowest BCUT2D eigenvalue weighted by Crippen LogP contribution is -2.14. The maximum absolute atomic E-state index is 13.2. The van der Waals surface area contributed by atoms with Gasteiger partial charge in [-0.25, -0.2) is 14.6 Å². The van der Waals surface area contributed by atoms with E-state index in [4.69, 9.17) is 13.8 Å². The largest absolute Gasteiger partial charge is 0.423 e. The van der Waals surface area contributed by atoms with Crippen LogP contribution in [0.2, 0.25) is 0 Å². The number of nitrogens with zero attached hydrogens (tertiary/aromatic N) is 5. The Balaban J connectivity index is 1.35. The predicted molar refractivity (Wildman–Crippen MR) is 167 cm³/mol. The molecule has 1 fully saturated rings. The maximum Gasteiger partial charge on any atom is 0.339 e. The normalized spacial score (nSPS) is 14.2. The molecular weight excluding hydrogens is 556 g/mol. The van der Waals surface area contributed by atoms with Crippen molar-refractivity contribution in [3.63, 3.8) is 0 Å². The van der Waals surface area contributed by atoms with Crippen molar-refractivity contribution in [1.29, 1.82) is 0 Å². The molecule has 7 aromatic rings. The molecule has 10 nitrogen and oxygen atoms in total. The lowest BCUT2D eigenvalue weighted by atomic mass is 9.93. The fourth-order valence-electron chi connectivity index (χ4n) is 6.76. The number of aromatic nitrogens is 6. The second-order valence-corrected chi connectivity index (χ2v) is 11.6. The van der Waals surface area contributed by atoms with Crippen LogP contribution in [0.3, 0.4) is 0 Å². The van der Waals surface area contributed by atoms with Crippen molar-refractivity contribution in [2.75, 3.05) is 0 Å². The van der Waals surface area contributed by atoms with E-state index in [-0.39, 0.29) is 0 Å². The number of hydrogen-bond acceptors (Lipinski definition) is 8. The van der Waals surface area contributed by atoms with Gasteiger partial charge in [0, 0.05) is 45.1 Å². The van der Waals surface area contributed by atoms with E-state index in [1.807, 2.05) is 43.3 Å². The van der Waals surface area contributed by atoms with Crippen LogP contribution >= 0.6 is 0 Å². The average Bonchev–Trinajstić information content (AvgIpc) is 3.70. The molecule has 0 aliphatic heterocycles. The first-order chi connectivity index (χ1) is 21.4. The minimum Gasteiger partial charge on any atom is -0.423 e. The Morgan fingerprint density at radius 3 is 2.45 bits per heavy atom. The fraction of sp³-hybridized carbons (Fsp3) is 0.235. The van der Waals surface area contributed by atoms with E-state index in [1.54, 1.807) is 13.0 Å². The zero-order chi connectivity index (χ0) is 29.9. The van der Waals surface area contributed by atoms with Crippen LogP contribution in [-0.4, -0.2) is 30.2 Å². The number of aryl methyl sites for hydroxylation is 1. The van der Waals surface area contributed by atoms with Crippen LogP contribution in [0.25, 0.3) is 66.9 Å². The van der Waals surface area contributed by atoms with E-state index < -0.39 is 11.3 Å². The highest BCUT2D eigenvalue weighted by Gasteiger charge is 2.25. The molecule has 44 heavy (non-hydrogen) atoms. The number of rotatable bonds is 4. The summed E-state index contributed by atoms with van der Waals surface area (Å²) in [5, 5.41) is 16.1. The van der Waals surface area contributed by atoms with Crippen LogP contribution in [0.1, 0.15) is 49.3 Å². The van der Waals surface area contributed by atoms with E-state index in [2.05, 4.69) is 37.3 Å². The third-order valence-electron chi connectivity index (χ3n) is 8.84. The number of imidazole rings is 1. The molecule has 1 saturated carbocycles. The van der Waals surface area contributed by atoms with Crippen LogP contribution in [0.4, 0.5) is 0 Å². The topological polar surface area (TPSA) is 133 Å². The number of nitrogens with one attached hydrogen (secondary N) is 1. The predicted octanol–water partition coefficient (Wildman–Crippen LogP) is 6.89. The molecule has 0 radical (unpaired) electrons. The van der Waals surface area contributed by atoms with E-state index in [1.165, 1.54) is 25.3 Å². The van der Waals surface area contributed by atoms with Gasteiger partial charge in [0.15, 0.2) is 0 Å². The summed E-state index contributed by atoms with van der Waals surface area (Å²) in [7, 11) is 0. The molecule has 0 atom stereocenters. The van der Waals surface area contributed by atoms with Crippen LogP contribution in [0, 0.1) is 13.8 Å². The molecule has 1 aliphatic rings. The summed E-state index contributed by atoms with van der Waals surface area (Å²) in [6.07, 6.45) is 5.74. The highest BCUT2D eigenvalue weighted by molar-refractivity contribution is 6.00. The van der Waals surface area contributed by atoms with Gasteiger partial charge in [-0.2, -0.15) is 5.21 Å². The summed E-state index contributed by atoms with van der Waals surface area (Å²) >= 11 is 0. The second-order valence-electron chi connectivity index (χ2n) is 11.6. The smallest absolute Gasteiger partial charge is 0.339 e. The van der Waals surface area contributed by atoms with Crippen molar-refractivity contribution in [2.45, 2.75) is 52.0 Å². The molecule has 8 rings (SSSR count). The van der Waals surface area contributed by atoms with E-state index in [0.29, 0.717) is 28.6 Å². The Kier molecular flexibility index (Phi) is 6.04. The van der Waals surface area contributed by atoms with E-state index in [9.17, 15) is 9.59 Å². The number of tetrazole rings is 1. The second kappa shape index (κ2) is 10.1. The molecule has 4 heterocycles. The highest BCUT2D eigenvalue weighted by Crippen LogP contribution is 2.40. The maximum atomic E-state index is 13.2. The van der Waals surface area contributed by atoms with Crippen molar-refractivity contribution in [1.82, 2.24) is 30.2 Å². The highest BCUT2D eigenvalue weighted by atomic mass is 16.4. The van der Waals surface area contributed by atoms with Crippen molar-refractivity contribution < 1.29 is 8.83 Å². The van der Waals surface area contributed by atoms with Gasteiger partial charge in [0.1, 0.15) is 17.0 Å². The molecule has 0 spiro atoms. The first-order valence-electron chi connectivity index (χ1n) is 14.8. The summed E-state index contributed by atoms with van der Waals surface area (Å²) in [5.41, 5.74) is 6.69. The molecule has 0 saturated heterocycles. The number of aromatic amines is 1. The minimum absolute atomic E-state index is 0.309. The van der Waals surface area contributed by atoms with Gasteiger partial charge < -0.3 is 13.4 Å². The summed E-state index contributed by atoms with van der Waals surface area (Å²) in [6, 6.07) is 19.2. The summed E-state index contributed by atoms with van der Waals surface area (Å²) < 4.78 is 13.8. The third-order valence-corrected chi connectivity index (χ3v) is 8.84. The van der Waals surface area contributed by atoms with Gasteiger partial charge in [0.05, 0.1) is 11.0 Å². The van der Waals surface area contributed by atoms with Gasteiger partial charge in [-0.1, -0.05) is 31.4 Å². The van der Waals surface area contributed by atoms with E-state index >= 15 is 0 Å². The number of fused-ring (bicyclic) bond motifs is 3. The molecule has 218 valence electrons. The van der Waals surface area contributed by atoms with Gasteiger partial charge in [0.2, 0.25) is 5.82 Å². The van der Waals surface area contributed by atoms with Gasteiger partial charge in [0.25, 0.3) is 0 Å². The Labute approximate surface area is 250 Å². The number of hydrogen-bond donors (Lipinski definition) is 1. The Morgan fingerprint density at radius 2 is 1.64 bits per heavy atom. The van der Waals surface area contributed by atoms with Crippen LogP contribution in [0.5, 0.6) is 0 Å². The molecule has 0 bridgehead atoms. The van der Waals surface area contributed by atoms with Crippen molar-refractivity contribution in [3.8, 4) is 33.9 Å². The molecular formula is C34H28N6O4. The van der Waals surface area contributed by atoms with Crippen molar-refractivity contribution in [2.24, 2.45) is 0 Å². The molecule has 1 aliphatic carbocycles. The summed E-state index contributed by atoms with van der Waals surface area (Å²) in [6.45, 7) is 3.79. The average molecular weight is 585 g/mol. The fourth-order valence-corrected chi connectivity index (χ4v) is 6.76. The first kappa shape index (κ1) is 26.3. The van der Waals surface area contributed by atoms with Gasteiger partial charge in [-0.05, 0) is 85.5 Å². The SMILES string of the molecule is Cc1c(-c2ccc3ccc(=O)oc3c2)c2c(C)cc(-c3nc4cc(-c5nn[nH]n5)ccc4n3C3CCCCC3)cc2oc1=O. The monoisotopic (exact) mass is 584 g/mol. The van der Waals surface area contributed by atoms with Crippen LogP contribution in [-0.2, 0) is 0 Å². The number of H-pyrrole nitrogens is 1. The van der Waals surface area contributed by atoms with Crippen molar-refractivity contribution >= 4 is 33.0 Å². The van der Waals surface area contributed by atoms with Crippen LogP contribution < -0.4 is 11.3 Å². The Morgan fingerprint density at radius 1 is 0.841 bits per heavy atom. The zero-order valence-corrected chi connectivity index (χ0v) is 24.3. The zero-order valence-electron chi connectivity index (χ0n) is 24.3. The standard InChI is InChI=1S/C34H28N6O4/c1-18-14-23(17-28-30(18)31(19(2)34(42)44-28)21-9-8-20-11-13-29(41)43-27(20)16-21)33-35-25-15-22(32-36-38-39-37-32)10-12-26(25)40(33)24-6-4-3-5-7-24/h8-17,24H,3-7H2,1-2H3,(H,36,37,38,39). The molecule has 0 unspecified atom stereocenters. The number of benzene rings is 3. The van der Waals surface area contributed by atoms with Crippen molar-refractivity contribution in [3.05, 3.63) is 92.6 Å². The van der Waals surface area contributed by atoms with Crippen LogP contribution in [0.15, 0.2) is 79.1 Å². The van der Waals surface area contributed by atoms with Gasteiger partial charge >= 0.3 is 11.3 Å². The third kappa shape index (κ3) is 4.24. The first-order valence-corrected chi connectivity index (χ1v) is 14.8. The summed E-state index contributed by atoms with van der Waals surface area (Å²) in [5.74, 6) is 1.35. The van der Waals surface area contributed by atoms with Gasteiger partial charge in [-0.3, -0.25) is 0 Å². The Hall–Kier alpha value is -5.38. The summed E-state index contributed by atoms with van der Waals surface area (Å²) in [4.78, 5) is 30.3. The molecule has 0 amide bonds. The molecule has 3 aromatic carbocycles. The lowest BCUT2D eigenvalue weighted by molar-refractivity contribution is 0.362. The molecule has 1 N–H and O–H groups in total. The van der Waals surface area contributed by atoms with Gasteiger partial charge in [-0.15, -0.1) is 10.2 Å². The molecule has 4 aromatic heterocycles. The minimum atomic E-state index is -0.421. The lowest BCUT2D eigenvalue weighted by Gasteiger charge is -2.26. The quantitative estimate of drug-likeness (QED) is 0.221.